The fraction of sp³-hybridized carbons (Fsp3) is 0.500. The van der Waals surface area contributed by atoms with Gasteiger partial charge < -0.3 is 5.11 Å². The van der Waals surface area contributed by atoms with E-state index < -0.39 is 5.60 Å². The van der Waals surface area contributed by atoms with Gasteiger partial charge in [-0.15, -0.1) is 0 Å². The maximum absolute atomic E-state index is 13.7. The Bertz CT molecular complexity index is 380. The van der Waals surface area contributed by atoms with E-state index in [-0.39, 0.29) is 11.7 Å². The Morgan fingerprint density at radius 2 is 2.33 bits per heavy atom. The predicted octanol–water partition coefficient (Wildman–Crippen LogP) is 3.60. The van der Waals surface area contributed by atoms with Crippen molar-refractivity contribution < 1.29 is 9.50 Å². The van der Waals surface area contributed by atoms with Gasteiger partial charge in [0.15, 0.2) is 0 Å². The van der Waals surface area contributed by atoms with Crippen LogP contribution in [0.4, 0.5) is 4.39 Å². The molecule has 1 saturated carbocycles. The topological polar surface area (TPSA) is 20.2 Å². The van der Waals surface area contributed by atoms with Gasteiger partial charge in [0.25, 0.3) is 0 Å². The van der Waals surface area contributed by atoms with Crippen LogP contribution in [0.5, 0.6) is 0 Å². The quantitative estimate of drug-likeness (QED) is 0.892. The standard InChI is InChI=1S/C12H14BrFO/c1-2-4-8-7-12(8,15)9-5-3-6-10(13)11(9)14/h3,5-6,8,15H,2,4,7H2,1H3. The van der Waals surface area contributed by atoms with Crippen LogP contribution in [0.25, 0.3) is 0 Å². The smallest absolute Gasteiger partial charge is 0.143 e. The maximum Gasteiger partial charge on any atom is 0.143 e. The van der Waals surface area contributed by atoms with Crippen LogP contribution in [0.15, 0.2) is 22.7 Å². The van der Waals surface area contributed by atoms with Gasteiger partial charge in [-0.25, -0.2) is 4.39 Å². The van der Waals surface area contributed by atoms with E-state index in [1.165, 1.54) is 0 Å². The first kappa shape index (κ1) is 11.1. The summed E-state index contributed by atoms with van der Waals surface area (Å²) < 4.78 is 14.2. The van der Waals surface area contributed by atoms with E-state index in [2.05, 4.69) is 22.9 Å². The van der Waals surface area contributed by atoms with E-state index in [1.807, 2.05) is 0 Å². The van der Waals surface area contributed by atoms with E-state index >= 15 is 0 Å². The molecule has 0 aliphatic heterocycles. The van der Waals surface area contributed by atoms with Crippen LogP contribution >= 0.6 is 15.9 Å². The lowest BCUT2D eigenvalue weighted by Crippen LogP contribution is -2.11. The molecule has 1 aliphatic carbocycles. The molecule has 0 radical (unpaired) electrons. The molecule has 1 aromatic rings. The summed E-state index contributed by atoms with van der Waals surface area (Å²) in [6.45, 7) is 2.08. The van der Waals surface area contributed by atoms with Gasteiger partial charge in [-0.1, -0.05) is 25.5 Å². The molecule has 0 aromatic heterocycles. The van der Waals surface area contributed by atoms with Crippen molar-refractivity contribution in [2.24, 2.45) is 5.92 Å². The molecule has 2 atom stereocenters. The molecule has 0 spiro atoms. The molecule has 2 rings (SSSR count). The Labute approximate surface area is 97.4 Å². The van der Waals surface area contributed by atoms with Crippen LogP contribution in [0.1, 0.15) is 31.7 Å². The van der Waals surface area contributed by atoms with Gasteiger partial charge in [0, 0.05) is 5.56 Å². The van der Waals surface area contributed by atoms with Crippen molar-refractivity contribution in [1.29, 1.82) is 0 Å². The minimum Gasteiger partial charge on any atom is -0.385 e. The molecule has 3 heteroatoms. The molecule has 0 saturated heterocycles. The number of halogens is 2. The summed E-state index contributed by atoms with van der Waals surface area (Å²) in [5, 5.41) is 10.2. The van der Waals surface area contributed by atoms with Crippen LogP contribution in [0, 0.1) is 11.7 Å². The highest BCUT2D eigenvalue weighted by atomic mass is 79.9. The summed E-state index contributed by atoms with van der Waals surface area (Å²) in [6.07, 6.45) is 2.68. The summed E-state index contributed by atoms with van der Waals surface area (Å²) in [5.41, 5.74) is -0.473. The number of rotatable bonds is 3. The van der Waals surface area contributed by atoms with Gasteiger partial charge in [-0.3, -0.25) is 0 Å². The van der Waals surface area contributed by atoms with Crippen molar-refractivity contribution in [1.82, 2.24) is 0 Å². The van der Waals surface area contributed by atoms with E-state index in [0.717, 1.165) is 12.8 Å². The molecule has 1 fully saturated rings. The Balaban J connectivity index is 2.28. The van der Waals surface area contributed by atoms with Gasteiger partial charge in [-0.2, -0.15) is 0 Å². The second-order valence-electron chi connectivity index (χ2n) is 4.22. The minimum atomic E-state index is -0.913. The Kier molecular flexibility index (Phi) is 2.86. The summed E-state index contributed by atoms with van der Waals surface area (Å²) in [4.78, 5) is 0. The first-order valence-electron chi connectivity index (χ1n) is 5.26. The molecule has 1 nitrogen and oxygen atoms in total. The van der Waals surface area contributed by atoms with Gasteiger partial charge in [-0.05, 0) is 40.8 Å². The fourth-order valence-corrected chi connectivity index (χ4v) is 2.54. The van der Waals surface area contributed by atoms with Gasteiger partial charge in [0.2, 0.25) is 0 Å². The number of aliphatic hydroxyl groups is 1. The molecule has 15 heavy (non-hydrogen) atoms. The van der Waals surface area contributed by atoms with Crippen LogP contribution in [0.2, 0.25) is 0 Å². The molecular formula is C12H14BrFO. The average Bonchev–Trinajstić information content (AvgIpc) is 2.83. The third-order valence-electron chi connectivity index (χ3n) is 3.13. The molecule has 82 valence electrons. The van der Waals surface area contributed by atoms with Crippen LogP contribution in [-0.4, -0.2) is 5.11 Å². The predicted molar refractivity (Wildman–Crippen MR) is 61.0 cm³/mol. The minimum absolute atomic E-state index is 0.228. The molecule has 0 amide bonds. The molecule has 1 aromatic carbocycles. The first-order chi connectivity index (χ1) is 7.09. The lowest BCUT2D eigenvalue weighted by Gasteiger charge is -2.12. The van der Waals surface area contributed by atoms with E-state index in [0.29, 0.717) is 16.5 Å². The summed E-state index contributed by atoms with van der Waals surface area (Å²) in [6, 6.07) is 5.09. The summed E-state index contributed by atoms with van der Waals surface area (Å²) in [7, 11) is 0. The van der Waals surface area contributed by atoms with Crippen LogP contribution in [0.3, 0.4) is 0 Å². The molecule has 0 heterocycles. The zero-order valence-electron chi connectivity index (χ0n) is 8.63. The van der Waals surface area contributed by atoms with Crippen molar-refractivity contribution in [2.45, 2.75) is 31.8 Å². The highest BCUT2D eigenvalue weighted by Gasteiger charge is 2.54. The van der Waals surface area contributed by atoms with Crippen molar-refractivity contribution in [3.05, 3.63) is 34.1 Å². The third kappa shape index (κ3) is 1.83. The van der Waals surface area contributed by atoms with E-state index in [1.54, 1.807) is 18.2 Å². The summed E-state index contributed by atoms with van der Waals surface area (Å²) in [5.74, 6) is -0.0927. The SMILES string of the molecule is CCCC1CC1(O)c1cccc(Br)c1F. The second-order valence-corrected chi connectivity index (χ2v) is 5.07. The highest BCUT2D eigenvalue weighted by molar-refractivity contribution is 9.10. The molecular weight excluding hydrogens is 259 g/mol. The number of benzene rings is 1. The second kappa shape index (κ2) is 3.87. The van der Waals surface area contributed by atoms with Crippen molar-refractivity contribution in [3.8, 4) is 0 Å². The van der Waals surface area contributed by atoms with Crippen molar-refractivity contribution in [3.63, 3.8) is 0 Å². The van der Waals surface area contributed by atoms with Crippen molar-refractivity contribution >= 4 is 15.9 Å². The Morgan fingerprint density at radius 1 is 1.60 bits per heavy atom. The number of hydrogen-bond acceptors (Lipinski definition) is 1. The fourth-order valence-electron chi connectivity index (χ4n) is 2.17. The van der Waals surface area contributed by atoms with Crippen molar-refractivity contribution in [2.75, 3.05) is 0 Å². The maximum atomic E-state index is 13.7. The van der Waals surface area contributed by atoms with Gasteiger partial charge in [0.1, 0.15) is 5.82 Å². The van der Waals surface area contributed by atoms with Gasteiger partial charge >= 0.3 is 0 Å². The normalized spacial score (nSPS) is 29.2. The molecule has 1 aliphatic rings. The van der Waals surface area contributed by atoms with Crippen LogP contribution < -0.4 is 0 Å². The molecule has 1 N–H and O–H groups in total. The van der Waals surface area contributed by atoms with Gasteiger partial charge in [0.05, 0.1) is 10.1 Å². The zero-order chi connectivity index (χ0) is 11.1. The highest BCUT2D eigenvalue weighted by Crippen LogP contribution is 2.55. The monoisotopic (exact) mass is 272 g/mol. The van der Waals surface area contributed by atoms with E-state index in [4.69, 9.17) is 0 Å². The molecule has 0 bridgehead atoms. The zero-order valence-corrected chi connectivity index (χ0v) is 10.2. The summed E-state index contributed by atoms with van der Waals surface area (Å²) >= 11 is 3.14. The Morgan fingerprint density at radius 3 is 3.00 bits per heavy atom. The third-order valence-corrected chi connectivity index (χ3v) is 3.74. The lowest BCUT2D eigenvalue weighted by molar-refractivity contribution is 0.124. The first-order valence-corrected chi connectivity index (χ1v) is 6.05. The lowest BCUT2D eigenvalue weighted by atomic mass is 10.0. The largest absolute Gasteiger partial charge is 0.385 e. The van der Waals surface area contributed by atoms with E-state index in [9.17, 15) is 9.50 Å². The Hall–Kier alpha value is -0.410. The average molecular weight is 273 g/mol. The molecule has 2 unspecified atom stereocenters. The van der Waals surface area contributed by atoms with Crippen LogP contribution in [-0.2, 0) is 5.60 Å². The number of hydrogen-bond donors (Lipinski definition) is 1.